The SMILES string of the molecule is O=P1(c2c(F)c(F)c(F)c(F)c2F)c2cc(-c3cc(F)cc(F)c3)sc2-c2sc(-c3cc(F)cc(F)c3)cc21. The molecule has 0 spiro atoms. The Hall–Kier alpha value is -3.34. The number of halogens is 9. The summed E-state index contributed by atoms with van der Waals surface area (Å²) in [6.45, 7) is 0. The number of rotatable bonds is 3. The van der Waals surface area contributed by atoms with Crippen LogP contribution < -0.4 is 15.9 Å². The van der Waals surface area contributed by atoms with E-state index in [1.807, 2.05) is 0 Å². The van der Waals surface area contributed by atoms with Crippen LogP contribution in [0.3, 0.4) is 0 Å². The normalized spacial score (nSPS) is 13.6. The minimum Gasteiger partial charge on any atom is -0.308 e. The average Bonchev–Trinajstić information content (AvgIpc) is 3.54. The average molecular weight is 602 g/mol. The summed E-state index contributed by atoms with van der Waals surface area (Å²) in [5.41, 5.74) is -0.0530. The maximum Gasteiger partial charge on any atom is 0.200 e. The summed E-state index contributed by atoms with van der Waals surface area (Å²) < 4.78 is 143. The number of thiophene rings is 2. The van der Waals surface area contributed by atoms with Gasteiger partial charge in [-0.25, -0.2) is 39.5 Å². The molecule has 0 bridgehead atoms. The molecule has 3 heterocycles. The van der Waals surface area contributed by atoms with Gasteiger partial charge in [0.05, 0.1) is 15.1 Å². The minimum atomic E-state index is -4.85. The topological polar surface area (TPSA) is 17.1 Å². The van der Waals surface area contributed by atoms with E-state index < -0.39 is 64.8 Å². The molecule has 2 aromatic heterocycles. The fourth-order valence-corrected chi connectivity index (χ4v) is 11.0. The zero-order valence-corrected chi connectivity index (χ0v) is 21.2. The third-order valence-electron chi connectivity index (χ3n) is 6.11. The van der Waals surface area contributed by atoms with E-state index in [0.29, 0.717) is 12.1 Å². The smallest absolute Gasteiger partial charge is 0.200 e. The summed E-state index contributed by atoms with van der Waals surface area (Å²) in [6, 6.07) is 7.25. The molecule has 1 nitrogen and oxygen atoms in total. The van der Waals surface area contributed by atoms with Gasteiger partial charge in [0.15, 0.2) is 30.4 Å². The second-order valence-corrected chi connectivity index (χ2v) is 13.2. The lowest BCUT2D eigenvalue weighted by molar-refractivity contribution is 0.384. The maximum absolute atomic E-state index is 15.1. The van der Waals surface area contributed by atoms with Crippen LogP contribution in [-0.4, -0.2) is 0 Å². The number of hydrogen-bond acceptors (Lipinski definition) is 3. The summed E-state index contributed by atoms with van der Waals surface area (Å²) in [7, 11) is -4.85. The monoisotopic (exact) mass is 602 g/mol. The van der Waals surface area contributed by atoms with E-state index in [9.17, 15) is 35.3 Å². The van der Waals surface area contributed by atoms with Crippen LogP contribution in [0.4, 0.5) is 39.5 Å². The van der Waals surface area contributed by atoms with Crippen molar-refractivity contribution in [2.45, 2.75) is 0 Å². The quantitative estimate of drug-likeness (QED) is 0.0869. The number of hydrogen-bond donors (Lipinski definition) is 0. The van der Waals surface area contributed by atoms with Gasteiger partial charge in [0.2, 0.25) is 5.82 Å². The Kier molecular flexibility index (Phi) is 5.87. The van der Waals surface area contributed by atoms with Crippen molar-refractivity contribution in [1.29, 1.82) is 0 Å². The van der Waals surface area contributed by atoms with Gasteiger partial charge in [0.25, 0.3) is 0 Å². The molecule has 13 heteroatoms. The molecule has 0 radical (unpaired) electrons. The summed E-state index contributed by atoms with van der Waals surface area (Å²) in [5.74, 6) is -15.5. The maximum atomic E-state index is 15.1. The zero-order chi connectivity index (χ0) is 28.0. The van der Waals surface area contributed by atoms with Gasteiger partial charge in [-0.15, -0.1) is 22.7 Å². The van der Waals surface area contributed by atoms with Crippen molar-refractivity contribution >= 4 is 45.7 Å². The first kappa shape index (κ1) is 25.9. The van der Waals surface area contributed by atoms with Gasteiger partial charge in [-0.1, -0.05) is 0 Å². The van der Waals surface area contributed by atoms with Crippen molar-refractivity contribution in [2.75, 3.05) is 0 Å². The second-order valence-electron chi connectivity index (χ2n) is 8.49. The van der Waals surface area contributed by atoms with Gasteiger partial charge in [-0.3, -0.25) is 0 Å². The van der Waals surface area contributed by atoms with Gasteiger partial charge < -0.3 is 4.57 Å². The highest BCUT2D eigenvalue weighted by Gasteiger charge is 2.49. The predicted octanol–water partition coefficient (Wildman–Crippen LogP) is 8.02. The van der Waals surface area contributed by atoms with Crippen LogP contribution in [0.2, 0.25) is 0 Å². The molecule has 1 aliphatic rings. The van der Waals surface area contributed by atoms with Gasteiger partial charge in [-0.05, 0) is 47.5 Å². The van der Waals surface area contributed by atoms with Crippen LogP contribution in [-0.2, 0) is 4.57 Å². The molecule has 0 N–H and O–H groups in total. The number of fused-ring (bicyclic) bond motifs is 3. The summed E-state index contributed by atoms with van der Waals surface area (Å²) in [4.78, 5) is 0.370. The van der Waals surface area contributed by atoms with Crippen molar-refractivity contribution < 1.29 is 44.1 Å². The molecule has 0 atom stereocenters. The first-order chi connectivity index (χ1) is 18.4. The molecule has 0 unspecified atom stereocenters. The largest absolute Gasteiger partial charge is 0.308 e. The van der Waals surface area contributed by atoms with E-state index in [1.54, 1.807) is 0 Å². The Balaban J connectivity index is 1.68. The van der Waals surface area contributed by atoms with Crippen molar-refractivity contribution in [3.05, 3.63) is 101 Å². The number of benzene rings is 3. The second kappa shape index (κ2) is 8.84. The van der Waals surface area contributed by atoms with Gasteiger partial charge in [0, 0.05) is 32.5 Å². The van der Waals surface area contributed by atoms with Crippen LogP contribution in [0.1, 0.15) is 0 Å². The lowest BCUT2D eigenvalue weighted by Crippen LogP contribution is -2.28. The molecule has 3 aromatic carbocycles. The van der Waals surface area contributed by atoms with Crippen LogP contribution in [0.5, 0.6) is 0 Å². The van der Waals surface area contributed by atoms with E-state index in [2.05, 4.69) is 0 Å². The molecule has 0 fully saturated rings. The van der Waals surface area contributed by atoms with Crippen molar-refractivity contribution in [2.24, 2.45) is 0 Å². The third kappa shape index (κ3) is 3.80. The first-order valence-corrected chi connectivity index (χ1v) is 14.1. The van der Waals surface area contributed by atoms with E-state index >= 15 is 8.78 Å². The van der Waals surface area contributed by atoms with Gasteiger partial charge in [-0.2, -0.15) is 0 Å². The summed E-state index contributed by atoms with van der Waals surface area (Å²) >= 11 is 1.64. The molecular formula is C26H8F9OPS2. The van der Waals surface area contributed by atoms with E-state index in [1.165, 1.54) is 0 Å². The molecule has 39 heavy (non-hydrogen) atoms. The Morgan fingerprint density at radius 2 is 0.795 bits per heavy atom. The van der Waals surface area contributed by atoms with Gasteiger partial charge in [0.1, 0.15) is 23.3 Å². The molecule has 198 valence electrons. The summed E-state index contributed by atoms with van der Waals surface area (Å²) in [5, 5.41) is -2.16. The molecular weight excluding hydrogens is 594 g/mol. The van der Waals surface area contributed by atoms with E-state index in [0.717, 1.165) is 59.1 Å². The highest BCUT2D eigenvalue weighted by molar-refractivity contribution is 7.87. The standard InChI is InChI=1S/C26H8F9OPS2/c27-11-1-9(2-12(28)5-11)17-7-15-25(38-17)26-16(8-18(39-26)10-3-13(29)6-14(30)4-10)37(15,36)24-22(34)20(32)19(31)21(33)23(24)35/h1-8H. The van der Waals surface area contributed by atoms with Crippen LogP contribution >= 0.6 is 29.8 Å². The lowest BCUT2D eigenvalue weighted by atomic mass is 10.2. The molecule has 0 saturated heterocycles. The van der Waals surface area contributed by atoms with Crippen LogP contribution in [0.15, 0.2) is 48.5 Å². The molecule has 5 aromatic rings. The molecule has 0 saturated carbocycles. The Labute approximate surface area is 221 Å². The highest BCUT2D eigenvalue weighted by Crippen LogP contribution is 2.59. The van der Waals surface area contributed by atoms with E-state index in [4.69, 9.17) is 0 Å². The molecule has 0 aliphatic carbocycles. The molecule has 1 aliphatic heterocycles. The minimum absolute atomic E-state index is 0.0265. The predicted molar refractivity (Wildman–Crippen MR) is 131 cm³/mol. The van der Waals surface area contributed by atoms with Crippen LogP contribution in [0.25, 0.3) is 30.6 Å². The van der Waals surface area contributed by atoms with E-state index in [-0.39, 0.29) is 41.2 Å². The lowest BCUT2D eigenvalue weighted by Gasteiger charge is -2.17. The fourth-order valence-electron chi connectivity index (χ4n) is 4.47. The van der Waals surface area contributed by atoms with Gasteiger partial charge >= 0.3 is 0 Å². The first-order valence-electron chi connectivity index (χ1n) is 10.7. The Morgan fingerprint density at radius 3 is 1.15 bits per heavy atom. The highest BCUT2D eigenvalue weighted by atomic mass is 32.1. The molecule has 6 rings (SSSR count). The van der Waals surface area contributed by atoms with Crippen LogP contribution in [0, 0.1) is 52.4 Å². The summed E-state index contributed by atoms with van der Waals surface area (Å²) in [6.07, 6.45) is 0. The van der Waals surface area contributed by atoms with Crippen molar-refractivity contribution in [3.63, 3.8) is 0 Å². The molecule has 0 amide bonds. The Morgan fingerprint density at radius 1 is 0.462 bits per heavy atom. The Bertz CT molecular complexity index is 1740. The third-order valence-corrected chi connectivity index (χ3v) is 12.0. The zero-order valence-electron chi connectivity index (χ0n) is 18.7. The van der Waals surface area contributed by atoms with Crippen molar-refractivity contribution in [3.8, 4) is 30.6 Å². The van der Waals surface area contributed by atoms with Crippen molar-refractivity contribution in [1.82, 2.24) is 0 Å². The fraction of sp³-hybridized carbons (Fsp3) is 0.